The van der Waals surface area contributed by atoms with Gasteiger partial charge in [-0.25, -0.2) is 9.78 Å². The number of carbonyl (C=O) groups excluding carboxylic acids is 1. The molecule has 0 aliphatic rings. The lowest BCUT2D eigenvalue weighted by Gasteiger charge is -2.16. The van der Waals surface area contributed by atoms with Crippen molar-refractivity contribution in [2.75, 3.05) is 7.11 Å². The van der Waals surface area contributed by atoms with E-state index in [1.807, 2.05) is 0 Å². The molecule has 1 aromatic rings. The molecule has 0 radical (unpaired) electrons. The highest BCUT2D eigenvalue weighted by Crippen LogP contribution is 2.36. The third kappa shape index (κ3) is 4.48. The highest BCUT2D eigenvalue weighted by molar-refractivity contribution is 9.08. The van der Waals surface area contributed by atoms with Gasteiger partial charge >= 0.3 is 18.5 Å². The number of alkyl halides is 7. The first kappa shape index (κ1) is 17.5. The molecule has 0 saturated heterocycles. The molecule has 0 aliphatic heterocycles. The molecule has 0 fully saturated rings. The molecule has 0 amide bonds. The fourth-order valence-corrected chi connectivity index (χ4v) is 1.75. The summed E-state index contributed by atoms with van der Waals surface area (Å²) >= 11 is 2.70. The zero-order valence-electron chi connectivity index (χ0n) is 10.1. The average Bonchev–Trinajstić information content (AvgIpc) is 2.34. The van der Waals surface area contributed by atoms with E-state index in [1.165, 1.54) is 0 Å². The van der Waals surface area contributed by atoms with Gasteiger partial charge in [0.05, 0.1) is 7.11 Å². The van der Waals surface area contributed by atoms with E-state index in [9.17, 15) is 31.1 Å². The average molecular weight is 382 g/mol. The van der Waals surface area contributed by atoms with Gasteiger partial charge in [-0.05, 0) is 11.6 Å². The van der Waals surface area contributed by atoms with Crippen LogP contribution in [0, 0.1) is 0 Å². The summed E-state index contributed by atoms with van der Waals surface area (Å²) in [6.07, 6.45) is -10.2. The summed E-state index contributed by atoms with van der Waals surface area (Å²) < 4.78 is 82.5. The number of halogens is 7. The number of hydrogen-bond donors (Lipinski definition) is 0. The topological polar surface area (TPSA) is 48.4 Å². The van der Waals surface area contributed by atoms with Gasteiger partial charge in [-0.1, -0.05) is 15.9 Å². The number of hydrogen-bond acceptors (Lipinski definition) is 4. The van der Waals surface area contributed by atoms with Gasteiger partial charge in [0.25, 0.3) is 0 Å². The molecule has 0 saturated carbocycles. The van der Waals surface area contributed by atoms with Crippen molar-refractivity contribution >= 4 is 21.9 Å². The molecule has 0 spiro atoms. The van der Waals surface area contributed by atoms with Crippen LogP contribution in [0.1, 0.15) is 21.7 Å². The van der Waals surface area contributed by atoms with Crippen molar-refractivity contribution < 1.29 is 40.6 Å². The molecule has 11 heteroatoms. The molecule has 1 rings (SSSR count). The molecule has 0 N–H and O–H groups in total. The Morgan fingerprint density at radius 1 is 1.29 bits per heavy atom. The van der Waals surface area contributed by atoms with E-state index in [-0.39, 0.29) is 0 Å². The van der Waals surface area contributed by atoms with Crippen LogP contribution >= 0.6 is 15.9 Å². The molecule has 118 valence electrons. The van der Waals surface area contributed by atoms with Crippen molar-refractivity contribution in [3.8, 4) is 5.75 Å². The van der Waals surface area contributed by atoms with Gasteiger partial charge in [-0.2, -0.15) is 13.2 Å². The van der Waals surface area contributed by atoms with Gasteiger partial charge in [0.1, 0.15) is 5.69 Å². The van der Waals surface area contributed by atoms with E-state index in [2.05, 4.69) is 30.4 Å². The van der Waals surface area contributed by atoms with Gasteiger partial charge in [0.15, 0.2) is 11.4 Å². The second kappa shape index (κ2) is 6.08. The molecule has 1 heterocycles. The lowest BCUT2D eigenvalue weighted by molar-refractivity contribution is -0.274. The number of aromatic nitrogens is 1. The Labute approximate surface area is 122 Å². The van der Waals surface area contributed by atoms with Crippen molar-refractivity contribution in [2.45, 2.75) is 17.9 Å². The molecule has 21 heavy (non-hydrogen) atoms. The van der Waals surface area contributed by atoms with Crippen LogP contribution in [-0.4, -0.2) is 24.4 Å². The van der Waals surface area contributed by atoms with Crippen molar-refractivity contribution in [1.29, 1.82) is 0 Å². The fourth-order valence-electron chi connectivity index (χ4n) is 1.33. The number of nitrogens with zero attached hydrogens (tertiary/aromatic N) is 1. The first-order valence-corrected chi connectivity index (χ1v) is 6.13. The van der Waals surface area contributed by atoms with Gasteiger partial charge in [0, 0.05) is 5.33 Å². The number of pyridine rings is 1. The van der Waals surface area contributed by atoms with Crippen LogP contribution < -0.4 is 4.74 Å². The quantitative estimate of drug-likeness (QED) is 0.455. The maximum absolute atomic E-state index is 12.8. The van der Waals surface area contributed by atoms with Gasteiger partial charge < -0.3 is 9.47 Å². The monoisotopic (exact) mass is 381 g/mol. The first-order chi connectivity index (χ1) is 9.49. The summed E-state index contributed by atoms with van der Waals surface area (Å²) in [5.74, 6) is -2.65. The molecular weight excluding hydrogens is 376 g/mol. The van der Waals surface area contributed by atoms with E-state index < -0.39 is 46.5 Å². The molecule has 0 unspecified atom stereocenters. The Balaban J connectivity index is 3.52. The third-order valence-electron chi connectivity index (χ3n) is 2.08. The Morgan fingerprint density at radius 2 is 1.86 bits per heavy atom. The van der Waals surface area contributed by atoms with Gasteiger partial charge in [0.2, 0.25) is 0 Å². The molecule has 1 aromatic heterocycles. The zero-order chi connectivity index (χ0) is 16.4. The number of esters is 1. The fraction of sp³-hybridized carbons (Fsp3) is 0.400. The van der Waals surface area contributed by atoms with Crippen molar-refractivity contribution in [3.63, 3.8) is 0 Å². The van der Waals surface area contributed by atoms with Crippen LogP contribution in [0.2, 0.25) is 0 Å². The predicted molar refractivity (Wildman–Crippen MR) is 59.9 cm³/mol. The van der Waals surface area contributed by atoms with Crippen molar-refractivity contribution in [1.82, 2.24) is 4.98 Å². The number of rotatable bonds is 3. The smallest absolute Gasteiger partial charge is 0.464 e. The number of ether oxygens (including phenoxy) is 2. The second-order valence-corrected chi connectivity index (χ2v) is 4.07. The number of carbonyl (C=O) groups is 1. The predicted octanol–water partition coefficient (Wildman–Crippen LogP) is 3.68. The van der Waals surface area contributed by atoms with Crippen molar-refractivity contribution in [3.05, 3.63) is 23.0 Å². The van der Waals surface area contributed by atoms with Crippen LogP contribution in [-0.2, 0) is 16.2 Å². The standard InChI is InChI=1S/C10H6BrF6NO3/c1-20-8(19)6-5(21-10(15,16)17)2-4(3-11)7(18-6)9(12,13)14/h2H,3H2,1H3. The van der Waals surface area contributed by atoms with E-state index >= 15 is 0 Å². The van der Waals surface area contributed by atoms with E-state index in [0.717, 1.165) is 7.11 Å². The minimum atomic E-state index is -5.20. The van der Waals surface area contributed by atoms with Gasteiger partial charge in [-0.15, -0.1) is 13.2 Å². The summed E-state index contributed by atoms with van der Waals surface area (Å²) in [7, 11) is 0.785. The van der Waals surface area contributed by atoms with Crippen molar-refractivity contribution in [2.24, 2.45) is 0 Å². The maximum atomic E-state index is 12.8. The zero-order valence-corrected chi connectivity index (χ0v) is 11.7. The molecule has 0 atom stereocenters. The highest BCUT2D eigenvalue weighted by atomic mass is 79.9. The van der Waals surface area contributed by atoms with Crippen LogP contribution in [0.4, 0.5) is 26.3 Å². The number of methoxy groups -OCH3 is 1. The first-order valence-electron chi connectivity index (χ1n) is 5.00. The molecule has 0 bridgehead atoms. The van der Waals surface area contributed by atoms with E-state index in [4.69, 9.17) is 0 Å². The molecule has 0 aliphatic carbocycles. The third-order valence-corrected chi connectivity index (χ3v) is 2.69. The SMILES string of the molecule is COC(=O)c1nc(C(F)(F)F)c(CBr)cc1OC(F)(F)F. The Hall–Kier alpha value is -1.52. The lowest BCUT2D eigenvalue weighted by Crippen LogP contribution is -2.22. The Morgan fingerprint density at radius 3 is 2.24 bits per heavy atom. The summed E-state index contributed by atoms with van der Waals surface area (Å²) in [5.41, 5.74) is -3.34. The minimum Gasteiger partial charge on any atom is -0.464 e. The molecule has 4 nitrogen and oxygen atoms in total. The van der Waals surface area contributed by atoms with Crippen LogP contribution in [0.15, 0.2) is 6.07 Å². The highest BCUT2D eigenvalue weighted by Gasteiger charge is 2.39. The largest absolute Gasteiger partial charge is 0.573 e. The van der Waals surface area contributed by atoms with Crippen LogP contribution in [0.5, 0.6) is 5.75 Å². The summed E-state index contributed by atoms with van der Waals surface area (Å²) in [6.45, 7) is 0. The lowest BCUT2D eigenvalue weighted by atomic mass is 10.1. The van der Waals surface area contributed by atoms with E-state index in [1.54, 1.807) is 0 Å². The van der Waals surface area contributed by atoms with Crippen LogP contribution in [0.3, 0.4) is 0 Å². The van der Waals surface area contributed by atoms with Crippen LogP contribution in [0.25, 0.3) is 0 Å². The molecule has 0 aromatic carbocycles. The Bertz CT molecular complexity index is 543. The Kier molecular flexibility index (Phi) is 5.07. The summed E-state index contributed by atoms with van der Waals surface area (Å²) in [6, 6.07) is 0.435. The minimum absolute atomic E-state index is 0.435. The summed E-state index contributed by atoms with van der Waals surface area (Å²) in [4.78, 5) is 14.2. The maximum Gasteiger partial charge on any atom is 0.573 e. The second-order valence-electron chi connectivity index (χ2n) is 3.51. The molecular formula is C10H6BrF6NO3. The van der Waals surface area contributed by atoms with E-state index in [0.29, 0.717) is 6.07 Å². The summed E-state index contributed by atoms with van der Waals surface area (Å²) in [5, 5.41) is -0.440. The normalized spacial score (nSPS) is 12.2. The van der Waals surface area contributed by atoms with Gasteiger partial charge in [-0.3, -0.25) is 0 Å².